The first-order valence-corrected chi connectivity index (χ1v) is 8.75. The monoisotopic (exact) mass is 378 g/mol. The summed E-state index contributed by atoms with van der Waals surface area (Å²) in [5, 5.41) is 0. The molecule has 0 radical (unpaired) electrons. The third kappa shape index (κ3) is 4.84. The van der Waals surface area contributed by atoms with E-state index in [0.29, 0.717) is 0 Å². The van der Waals surface area contributed by atoms with E-state index in [9.17, 15) is 14.4 Å². The van der Waals surface area contributed by atoms with Gasteiger partial charge in [-0.1, -0.05) is 30.3 Å². The van der Waals surface area contributed by atoms with Gasteiger partial charge in [-0.3, -0.25) is 14.4 Å². The Balaban J connectivity index is 1.76. The molecule has 0 amide bonds. The third-order valence-electron chi connectivity index (χ3n) is 4.45. The number of carbonyl (C=O) groups is 3. The van der Waals surface area contributed by atoms with Crippen LogP contribution in [0.1, 0.15) is 25.8 Å². The topological polar surface area (TPSA) is 97.4 Å². The Kier molecular flexibility index (Phi) is 6.08. The average Bonchev–Trinajstić information content (AvgIpc) is 3.02. The Morgan fingerprint density at radius 1 is 1.15 bits per heavy atom. The van der Waals surface area contributed by atoms with Crippen LogP contribution in [0.15, 0.2) is 30.3 Å². The fourth-order valence-corrected chi connectivity index (χ4v) is 3.30. The predicted octanol–water partition coefficient (Wildman–Crippen LogP) is 1.35. The number of hydrogen-bond acceptors (Lipinski definition) is 8. The Labute approximate surface area is 156 Å². The zero-order chi connectivity index (χ0) is 19.4. The molecule has 0 unspecified atom stereocenters. The number of ether oxygens (including phenoxy) is 5. The molecule has 2 aliphatic heterocycles. The van der Waals surface area contributed by atoms with Crippen molar-refractivity contribution in [1.29, 1.82) is 0 Å². The SMILES string of the molecule is CC(=O)OC[C@H]1O[C@H](OCc2ccccc2)[C@@H]2CC(=O)O[C@@H]2[C@@H]1OC(C)=O. The standard InChI is InChI=1S/C19H22O8/c1-11(20)23-10-15-18(25-12(2)21)17-14(8-16(22)27-17)19(26-15)24-9-13-6-4-3-5-7-13/h3-7,14-15,17-19H,8-10H2,1-2H3/t14-,15-,17+,18-,19+/m1/s1. The highest BCUT2D eigenvalue weighted by molar-refractivity contribution is 5.72. The number of hydrogen-bond donors (Lipinski definition) is 0. The summed E-state index contributed by atoms with van der Waals surface area (Å²) < 4.78 is 27.5. The molecule has 2 aliphatic rings. The minimum absolute atomic E-state index is 0.0994. The van der Waals surface area contributed by atoms with Crippen LogP contribution >= 0.6 is 0 Å². The molecule has 27 heavy (non-hydrogen) atoms. The van der Waals surface area contributed by atoms with Crippen LogP contribution in [0.5, 0.6) is 0 Å². The van der Waals surface area contributed by atoms with Gasteiger partial charge in [-0.25, -0.2) is 0 Å². The molecule has 0 saturated carbocycles. The van der Waals surface area contributed by atoms with E-state index in [-0.39, 0.29) is 19.6 Å². The summed E-state index contributed by atoms with van der Waals surface area (Å²) in [6.07, 6.45) is -3.03. The van der Waals surface area contributed by atoms with Gasteiger partial charge in [0, 0.05) is 13.8 Å². The first-order chi connectivity index (χ1) is 12.9. The summed E-state index contributed by atoms with van der Waals surface area (Å²) in [6.45, 7) is 2.67. The van der Waals surface area contributed by atoms with Gasteiger partial charge in [0.2, 0.25) is 0 Å². The number of rotatable bonds is 6. The van der Waals surface area contributed by atoms with Crippen molar-refractivity contribution >= 4 is 17.9 Å². The van der Waals surface area contributed by atoms with E-state index in [0.717, 1.165) is 5.56 Å². The van der Waals surface area contributed by atoms with Gasteiger partial charge in [-0.15, -0.1) is 0 Å². The molecule has 2 fully saturated rings. The van der Waals surface area contributed by atoms with E-state index >= 15 is 0 Å². The Morgan fingerprint density at radius 3 is 2.56 bits per heavy atom. The fraction of sp³-hybridized carbons (Fsp3) is 0.526. The van der Waals surface area contributed by atoms with Crippen LogP contribution in [0.3, 0.4) is 0 Å². The molecule has 1 aromatic carbocycles. The molecule has 8 nitrogen and oxygen atoms in total. The van der Waals surface area contributed by atoms with Crippen molar-refractivity contribution in [3.05, 3.63) is 35.9 Å². The number of esters is 3. The summed E-state index contributed by atoms with van der Waals surface area (Å²) in [4.78, 5) is 34.6. The quantitative estimate of drug-likeness (QED) is 0.541. The Morgan fingerprint density at radius 2 is 1.89 bits per heavy atom. The van der Waals surface area contributed by atoms with E-state index in [2.05, 4.69) is 0 Å². The van der Waals surface area contributed by atoms with Gasteiger partial charge < -0.3 is 23.7 Å². The van der Waals surface area contributed by atoms with Crippen molar-refractivity contribution in [2.45, 2.75) is 51.5 Å². The molecule has 0 bridgehead atoms. The molecular weight excluding hydrogens is 356 g/mol. The predicted molar refractivity (Wildman–Crippen MR) is 90.1 cm³/mol. The molecule has 2 saturated heterocycles. The highest BCUT2D eigenvalue weighted by atomic mass is 16.7. The van der Waals surface area contributed by atoms with E-state index in [1.54, 1.807) is 0 Å². The lowest BCUT2D eigenvalue weighted by atomic mass is 9.90. The zero-order valence-corrected chi connectivity index (χ0v) is 15.2. The summed E-state index contributed by atoms with van der Waals surface area (Å²) in [5.74, 6) is -1.86. The van der Waals surface area contributed by atoms with Crippen LogP contribution in [-0.2, 0) is 44.7 Å². The van der Waals surface area contributed by atoms with Gasteiger partial charge in [0.25, 0.3) is 0 Å². The molecule has 0 aliphatic carbocycles. The maximum Gasteiger partial charge on any atom is 0.306 e. The molecule has 0 aromatic heterocycles. The Bertz CT molecular complexity index is 688. The van der Waals surface area contributed by atoms with Crippen molar-refractivity contribution in [2.75, 3.05) is 6.61 Å². The smallest absolute Gasteiger partial charge is 0.306 e. The van der Waals surface area contributed by atoms with E-state index < -0.39 is 48.4 Å². The highest BCUT2D eigenvalue weighted by Gasteiger charge is 2.54. The molecular formula is C19H22O8. The summed E-state index contributed by atoms with van der Waals surface area (Å²) in [6, 6.07) is 9.51. The van der Waals surface area contributed by atoms with Crippen molar-refractivity contribution in [3.63, 3.8) is 0 Å². The Hall–Kier alpha value is -2.45. The first kappa shape index (κ1) is 19.3. The van der Waals surface area contributed by atoms with Crippen LogP contribution in [0.2, 0.25) is 0 Å². The minimum Gasteiger partial charge on any atom is -0.463 e. The average molecular weight is 378 g/mol. The third-order valence-corrected chi connectivity index (χ3v) is 4.45. The second-order valence-corrected chi connectivity index (χ2v) is 6.54. The van der Waals surface area contributed by atoms with Gasteiger partial charge in [0.05, 0.1) is 18.9 Å². The summed E-state index contributed by atoms with van der Waals surface area (Å²) in [7, 11) is 0. The van der Waals surface area contributed by atoms with Crippen LogP contribution < -0.4 is 0 Å². The number of carbonyl (C=O) groups excluding carboxylic acids is 3. The van der Waals surface area contributed by atoms with E-state index in [1.807, 2.05) is 30.3 Å². The van der Waals surface area contributed by atoms with Crippen LogP contribution in [0, 0.1) is 5.92 Å². The van der Waals surface area contributed by atoms with Gasteiger partial charge >= 0.3 is 17.9 Å². The lowest BCUT2D eigenvalue weighted by Gasteiger charge is -2.41. The second-order valence-electron chi connectivity index (χ2n) is 6.54. The second kappa shape index (κ2) is 8.49. The van der Waals surface area contributed by atoms with Gasteiger partial charge in [0.15, 0.2) is 12.4 Å². The van der Waals surface area contributed by atoms with E-state index in [1.165, 1.54) is 13.8 Å². The van der Waals surface area contributed by atoms with Crippen molar-refractivity contribution in [1.82, 2.24) is 0 Å². The lowest BCUT2D eigenvalue weighted by Crippen LogP contribution is -2.56. The molecule has 0 N–H and O–H groups in total. The first-order valence-electron chi connectivity index (χ1n) is 8.75. The maximum atomic E-state index is 11.9. The van der Waals surface area contributed by atoms with Gasteiger partial charge in [0.1, 0.15) is 18.8 Å². The molecule has 0 spiro atoms. The van der Waals surface area contributed by atoms with Crippen LogP contribution in [0.4, 0.5) is 0 Å². The molecule has 1 aromatic rings. The fourth-order valence-electron chi connectivity index (χ4n) is 3.30. The van der Waals surface area contributed by atoms with Crippen molar-refractivity contribution in [2.24, 2.45) is 5.92 Å². The number of fused-ring (bicyclic) bond motifs is 1. The molecule has 146 valence electrons. The zero-order valence-electron chi connectivity index (χ0n) is 15.2. The minimum atomic E-state index is -0.866. The normalized spacial score (nSPS) is 29.6. The summed E-state index contributed by atoms with van der Waals surface area (Å²) >= 11 is 0. The van der Waals surface area contributed by atoms with Gasteiger partial charge in [-0.05, 0) is 5.56 Å². The molecule has 2 heterocycles. The lowest BCUT2D eigenvalue weighted by molar-refractivity contribution is -0.282. The van der Waals surface area contributed by atoms with Crippen molar-refractivity contribution < 1.29 is 38.1 Å². The highest BCUT2D eigenvalue weighted by Crippen LogP contribution is 2.38. The molecule has 3 rings (SSSR count). The molecule has 8 heteroatoms. The van der Waals surface area contributed by atoms with Gasteiger partial charge in [-0.2, -0.15) is 0 Å². The largest absolute Gasteiger partial charge is 0.463 e. The maximum absolute atomic E-state index is 11.9. The van der Waals surface area contributed by atoms with Crippen molar-refractivity contribution in [3.8, 4) is 0 Å². The van der Waals surface area contributed by atoms with Crippen LogP contribution in [0.25, 0.3) is 0 Å². The summed E-state index contributed by atoms with van der Waals surface area (Å²) in [5.41, 5.74) is 0.946. The molecule has 5 atom stereocenters. The number of benzene rings is 1. The van der Waals surface area contributed by atoms with E-state index in [4.69, 9.17) is 23.7 Å². The van der Waals surface area contributed by atoms with Crippen LogP contribution in [-0.4, -0.2) is 49.1 Å².